The standard InChI is InChI=1S/C35H37ClN2O9/c1-41-23-14-12-21(29(17-23)43-3)20-38-27-15-13-22(36)16-26(27)33(25-9-7-10-28(42-2)34(25)45-5)47-30(35(38)40)18-31-37-19-24(46-31)8-6-11-32(39)44-4/h7,9-10,12-17,19,30,33H,6,8,11,18,20H2,1-5H3. The van der Waals surface area contributed by atoms with Gasteiger partial charge in [0.25, 0.3) is 5.91 Å². The third-order valence-corrected chi connectivity index (χ3v) is 8.17. The minimum atomic E-state index is -1.03. The Bertz CT molecular complexity index is 1720. The number of rotatable bonds is 13. The highest BCUT2D eigenvalue weighted by atomic mass is 35.5. The van der Waals surface area contributed by atoms with Gasteiger partial charge in [0, 0.05) is 40.6 Å². The van der Waals surface area contributed by atoms with Crippen molar-refractivity contribution in [2.75, 3.05) is 40.4 Å². The molecule has 0 spiro atoms. The molecule has 2 unspecified atom stereocenters. The van der Waals surface area contributed by atoms with E-state index in [9.17, 15) is 9.59 Å². The van der Waals surface area contributed by atoms with E-state index in [-0.39, 0.29) is 31.3 Å². The van der Waals surface area contributed by atoms with Gasteiger partial charge in [-0.25, -0.2) is 4.98 Å². The SMILES string of the molecule is COC(=O)CCCc1cnc(CC2OC(c3cccc(OC)c3OC)c3cc(Cl)ccc3N(Cc3ccc(OC)cc3OC)C2=O)o1. The van der Waals surface area contributed by atoms with Crippen LogP contribution in [0.5, 0.6) is 23.0 Å². The molecule has 0 N–H and O–H groups in total. The minimum Gasteiger partial charge on any atom is -0.497 e. The first kappa shape index (κ1) is 33.6. The molecule has 0 aliphatic carbocycles. The summed E-state index contributed by atoms with van der Waals surface area (Å²) in [6, 6.07) is 16.3. The van der Waals surface area contributed by atoms with Crippen LogP contribution in [0.2, 0.25) is 5.02 Å². The number of aryl methyl sites for hydroxylation is 1. The number of nitrogens with zero attached hydrogens (tertiary/aromatic N) is 2. The number of hydrogen-bond acceptors (Lipinski definition) is 10. The number of anilines is 1. The Kier molecular flexibility index (Phi) is 10.9. The fourth-order valence-corrected chi connectivity index (χ4v) is 5.79. The molecular weight excluding hydrogens is 628 g/mol. The Morgan fingerprint density at radius 3 is 2.47 bits per heavy atom. The van der Waals surface area contributed by atoms with Crippen LogP contribution >= 0.6 is 11.6 Å². The van der Waals surface area contributed by atoms with Crippen molar-refractivity contribution in [3.05, 3.63) is 94.2 Å². The lowest BCUT2D eigenvalue weighted by Crippen LogP contribution is -2.40. The molecule has 1 aliphatic rings. The second-order valence-electron chi connectivity index (χ2n) is 10.7. The normalized spacial score (nSPS) is 15.9. The summed E-state index contributed by atoms with van der Waals surface area (Å²) in [5.41, 5.74) is 2.66. The van der Waals surface area contributed by atoms with E-state index in [1.807, 2.05) is 30.3 Å². The van der Waals surface area contributed by atoms with Crippen LogP contribution in [-0.4, -0.2) is 58.5 Å². The van der Waals surface area contributed by atoms with Gasteiger partial charge in [0.05, 0.1) is 60.4 Å². The van der Waals surface area contributed by atoms with E-state index in [4.69, 9.17) is 44.4 Å². The molecule has 1 amide bonds. The van der Waals surface area contributed by atoms with E-state index in [1.54, 1.807) is 63.8 Å². The van der Waals surface area contributed by atoms with E-state index in [1.165, 1.54) is 7.11 Å². The van der Waals surface area contributed by atoms with E-state index in [2.05, 4.69) is 4.98 Å². The van der Waals surface area contributed by atoms with Crippen LogP contribution < -0.4 is 23.8 Å². The number of methoxy groups -OCH3 is 5. The van der Waals surface area contributed by atoms with Gasteiger partial charge in [-0.05, 0) is 42.8 Å². The number of oxazole rings is 1. The van der Waals surface area contributed by atoms with E-state index < -0.39 is 12.2 Å². The maximum atomic E-state index is 14.6. The van der Waals surface area contributed by atoms with Gasteiger partial charge in [-0.1, -0.05) is 23.7 Å². The summed E-state index contributed by atoms with van der Waals surface area (Å²) in [6.45, 7) is 0.160. The Morgan fingerprint density at radius 2 is 1.74 bits per heavy atom. The third-order valence-electron chi connectivity index (χ3n) is 7.94. The molecule has 248 valence electrons. The molecule has 11 nitrogen and oxygen atoms in total. The van der Waals surface area contributed by atoms with E-state index in [0.717, 1.165) is 5.56 Å². The molecule has 0 fully saturated rings. The fourth-order valence-electron chi connectivity index (χ4n) is 5.61. The molecule has 2 heterocycles. The van der Waals surface area contributed by atoms with Gasteiger partial charge in [-0.3, -0.25) is 9.59 Å². The number of carbonyl (C=O) groups is 2. The predicted molar refractivity (Wildman–Crippen MR) is 174 cm³/mol. The topological polar surface area (TPSA) is 119 Å². The summed E-state index contributed by atoms with van der Waals surface area (Å²) in [7, 11) is 7.61. The van der Waals surface area contributed by atoms with Crippen molar-refractivity contribution in [1.82, 2.24) is 4.98 Å². The number of halogens is 1. The van der Waals surface area contributed by atoms with Crippen LogP contribution in [0.4, 0.5) is 5.69 Å². The molecule has 0 bridgehead atoms. The molecule has 0 radical (unpaired) electrons. The van der Waals surface area contributed by atoms with Gasteiger partial charge in [0.15, 0.2) is 17.4 Å². The summed E-state index contributed by atoms with van der Waals surface area (Å²) in [4.78, 5) is 32.2. The first-order valence-corrected chi connectivity index (χ1v) is 15.4. The fraction of sp³-hybridized carbons (Fsp3) is 0.343. The number of benzene rings is 3. The van der Waals surface area contributed by atoms with Crippen molar-refractivity contribution in [2.45, 2.75) is 44.4 Å². The smallest absolute Gasteiger partial charge is 0.305 e. The van der Waals surface area contributed by atoms with Crippen LogP contribution in [0.25, 0.3) is 0 Å². The summed E-state index contributed by atoms with van der Waals surface area (Å²) in [6.07, 6.45) is 1.09. The van der Waals surface area contributed by atoms with Gasteiger partial charge in [-0.2, -0.15) is 0 Å². The number of para-hydroxylation sites is 1. The Labute approximate surface area is 278 Å². The Morgan fingerprint density at radius 1 is 0.936 bits per heavy atom. The number of esters is 1. The van der Waals surface area contributed by atoms with Crippen LogP contribution in [0.15, 0.2) is 65.2 Å². The molecule has 4 aromatic rings. The molecule has 3 aromatic carbocycles. The lowest BCUT2D eigenvalue weighted by molar-refractivity contribution is -0.140. The number of aromatic nitrogens is 1. The molecule has 5 rings (SSSR count). The third kappa shape index (κ3) is 7.47. The average molecular weight is 665 g/mol. The number of amides is 1. The predicted octanol–water partition coefficient (Wildman–Crippen LogP) is 6.12. The van der Waals surface area contributed by atoms with Crippen molar-refractivity contribution in [3.8, 4) is 23.0 Å². The highest BCUT2D eigenvalue weighted by molar-refractivity contribution is 6.30. The molecule has 0 saturated carbocycles. The summed E-state index contributed by atoms with van der Waals surface area (Å²) >= 11 is 6.58. The van der Waals surface area contributed by atoms with Crippen molar-refractivity contribution in [1.29, 1.82) is 0 Å². The molecular formula is C35H37ClN2O9. The first-order valence-electron chi connectivity index (χ1n) is 15.0. The highest BCUT2D eigenvalue weighted by Gasteiger charge is 2.39. The molecule has 1 aliphatic heterocycles. The second kappa shape index (κ2) is 15.2. The molecule has 2 atom stereocenters. The van der Waals surface area contributed by atoms with E-state index in [0.29, 0.717) is 69.3 Å². The average Bonchev–Trinajstić information content (AvgIpc) is 3.51. The van der Waals surface area contributed by atoms with Crippen LogP contribution in [0.1, 0.15) is 47.3 Å². The van der Waals surface area contributed by atoms with Crippen LogP contribution in [0.3, 0.4) is 0 Å². The summed E-state index contributed by atoms with van der Waals surface area (Å²) < 4.78 is 39.9. The molecule has 12 heteroatoms. The monoisotopic (exact) mass is 664 g/mol. The zero-order valence-electron chi connectivity index (χ0n) is 26.9. The zero-order chi connectivity index (χ0) is 33.5. The number of carbonyl (C=O) groups excluding carboxylic acids is 2. The van der Waals surface area contributed by atoms with Gasteiger partial charge in [-0.15, -0.1) is 0 Å². The van der Waals surface area contributed by atoms with Gasteiger partial charge in [0.2, 0.25) is 0 Å². The zero-order valence-corrected chi connectivity index (χ0v) is 27.7. The lowest BCUT2D eigenvalue weighted by atomic mass is 9.97. The van der Waals surface area contributed by atoms with Gasteiger partial charge < -0.3 is 37.7 Å². The summed E-state index contributed by atoms with van der Waals surface area (Å²) in [5.74, 6) is 2.45. The highest BCUT2D eigenvalue weighted by Crippen LogP contribution is 2.45. The van der Waals surface area contributed by atoms with Gasteiger partial charge in [0.1, 0.15) is 29.5 Å². The van der Waals surface area contributed by atoms with E-state index >= 15 is 0 Å². The summed E-state index contributed by atoms with van der Waals surface area (Å²) in [5, 5.41) is 0.469. The first-order chi connectivity index (χ1) is 22.8. The number of ether oxygens (including phenoxy) is 6. The maximum Gasteiger partial charge on any atom is 0.305 e. The Hall–Kier alpha value is -4.74. The second-order valence-corrected chi connectivity index (χ2v) is 11.2. The Balaban J connectivity index is 1.58. The van der Waals surface area contributed by atoms with Crippen molar-refractivity contribution in [3.63, 3.8) is 0 Å². The maximum absolute atomic E-state index is 14.6. The molecule has 47 heavy (non-hydrogen) atoms. The molecule has 0 saturated heterocycles. The molecule has 1 aromatic heterocycles. The number of fused-ring (bicyclic) bond motifs is 1. The minimum absolute atomic E-state index is 0.0383. The largest absolute Gasteiger partial charge is 0.497 e. The van der Waals surface area contributed by atoms with Crippen molar-refractivity contribution >= 4 is 29.2 Å². The van der Waals surface area contributed by atoms with Crippen LogP contribution in [-0.2, 0) is 38.4 Å². The van der Waals surface area contributed by atoms with Gasteiger partial charge >= 0.3 is 5.97 Å². The quantitative estimate of drug-likeness (QED) is 0.155. The van der Waals surface area contributed by atoms with Crippen molar-refractivity contribution < 1.29 is 42.4 Å². The lowest BCUT2D eigenvalue weighted by Gasteiger charge is -2.26. The number of hydrogen-bond donors (Lipinski definition) is 0. The van der Waals surface area contributed by atoms with Crippen molar-refractivity contribution in [2.24, 2.45) is 0 Å². The van der Waals surface area contributed by atoms with Crippen LogP contribution in [0, 0.1) is 0 Å².